The Balaban J connectivity index is 1.04. The van der Waals surface area contributed by atoms with Crippen molar-refractivity contribution in [1.29, 1.82) is 0 Å². The highest BCUT2D eigenvalue weighted by Gasteiger charge is 2.58. The Morgan fingerprint density at radius 3 is 2.55 bits per heavy atom. The van der Waals surface area contributed by atoms with Crippen LogP contribution in [-0.2, 0) is 4.79 Å². The highest BCUT2D eigenvalue weighted by atomic mass is 16.3. The number of hydrogen-bond donors (Lipinski definition) is 3. The Morgan fingerprint density at radius 2 is 1.90 bits per heavy atom. The molecule has 1 aromatic carbocycles. The van der Waals surface area contributed by atoms with E-state index in [2.05, 4.69) is 10.3 Å². The molecule has 1 aromatic heterocycles. The maximum absolute atomic E-state index is 12.8. The third-order valence-electron chi connectivity index (χ3n) is 8.11. The van der Waals surface area contributed by atoms with E-state index in [0.29, 0.717) is 5.69 Å². The van der Waals surface area contributed by atoms with Gasteiger partial charge in [-0.1, -0.05) is 18.2 Å². The normalized spacial score (nSPS) is 34.2. The zero-order valence-corrected chi connectivity index (χ0v) is 16.5. The number of amides is 2. The fraction of sp³-hybridized carbons (Fsp3) is 0.565. The van der Waals surface area contributed by atoms with Crippen molar-refractivity contribution >= 4 is 22.7 Å². The van der Waals surface area contributed by atoms with Gasteiger partial charge in [-0.05, 0) is 56.1 Å². The predicted octanol–water partition coefficient (Wildman–Crippen LogP) is 2.44. The number of nitrogens with zero attached hydrogens (tertiary/aromatic N) is 1. The molecule has 2 spiro atoms. The first-order valence-electron chi connectivity index (χ1n) is 10.8. The molecule has 1 saturated heterocycles. The summed E-state index contributed by atoms with van der Waals surface area (Å²) in [6, 6.07) is 10.0. The van der Waals surface area contributed by atoms with Crippen LogP contribution in [0.25, 0.3) is 10.9 Å². The summed E-state index contributed by atoms with van der Waals surface area (Å²) in [5, 5.41) is 13.9. The number of aliphatic hydroxyl groups excluding tert-OH is 1. The molecule has 0 radical (unpaired) electrons. The van der Waals surface area contributed by atoms with Crippen LogP contribution < -0.4 is 5.32 Å². The molecule has 2 heterocycles. The van der Waals surface area contributed by atoms with E-state index in [1.165, 1.54) is 0 Å². The first-order chi connectivity index (χ1) is 14.0. The molecular weight excluding hydrogens is 366 g/mol. The summed E-state index contributed by atoms with van der Waals surface area (Å²) in [5.41, 5.74) is 1.96. The van der Waals surface area contributed by atoms with Gasteiger partial charge in [-0.3, -0.25) is 9.59 Å². The van der Waals surface area contributed by atoms with E-state index in [-0.39, 0.29) is 40.7 Å². The van der Waals surface area contributed by atoms with Gasteiger partial charge in [-0.2, -0.15) is 0 Å². The van der Waals surface area contributed by atoms with Crippen molar-refractivity contribution in [2.24, 2.45) is 16.7 Å². The molecule has 3 saturated carbocycles. The quantitative estimate of drug-likeness (QED) is 0.749. The highest BCUT2D eigenvalue weighted by molar-refractivity contribution is 5.98. The SMILES string of the molecule is O=C(NC1CCC12CN(C(=O)c1cc3ccccc3[nH]1)C2)C1CC2(CC(O)C2)C1. The number of aromatic nitrogens is 1. The first kappa shape index (κ1) is 17.5. The Hall–Kier alpha value is -2.34. The molecule has 3 N–H and O–H groups in total. The van der Waals surface area contributed by atoms with Gasteiger partial charge in [-0.15, -0.1) is 0 Å². The number of carbonyl (C=O) groups is 2. The largest absolute Gasteiger partial charge is 0.393 e. The second-order valence-electron chi connectivity index (χ2n) is 10.1. The molecule has 3 aliphatic carbocycles. The van der Waals surface area contributed by atoms with Crippen LogP contribution in [0.4, 0.5) is 0 Å². The van der Waals surface area contributed by atoms with Crippen molar-refractivity contribution in [3.05, 3.63) is 36.0 Å². The molecule has 6 rings (SSSR count). The first-order valence-corrected chi connectivity index (χ1v) is 10.8. The number of likely N-dealkylation sites (tertiary alicyclic amines) is 1. The molecule has 0 bridgehead atoms. The molecular formula is C23H27N3O3. The van der Waals surface area contributed by atoms with Gasteiger partial charge in [-0.25, -0.2) is 0 Å². The number of carbonyl (C=O) groups excluding carboxylic acids is 2. The molecule has 4 fully saturated rings. The number of fused-ring (bicyclic) bond motifs is 1. The Bertz CT molecular complexity index is 959. The van der Waals surface area contributed by atoms with E-state index in [1.54, 1.807) is 0 Å². The fourth-order valence-electron chi connectivity index (χ4n) is 6.25. The lowest BCUT2D eigenvalue weighted by Gasteiger charge is -2.61. The number of benzene rings is 1. The highest BCUT2D eigenvalue weighted by Crippen LogP contribution is 2.59. The second-order valence-corrected chi connectivity index (χ2v) is 10.1. The number of H-pyrrole nitrogens is 1. The van der Waals surface area contributed by atoms with Crippen molar-refractivity contribution in [3.8, 4) is 0 Å². The number of aliphatic hydroxyl groups is 1. The van der Waals surface area contributed by atoms with Crippen LogP contribution in [0.5, 0.6) is 0 Å². The van der Waals surface area contributed by atoms with Crippen LogP contribution in [-0.4, -0.2) is 52.0 Å². The van der Waals surface area contributed by atoms with Gasteiger partial charge >= 0.3 is 0 Å². The number of hydrogen-bond acceptors (Lipinski definition) is 3. The van der Waals surface area contributed by atoms with Gasteiger partial charge in [0.2, 0.25) is 5.91 Å². The van der Waals surface area contributed by atoms with Crippen LogP contribution in [0.15, 0.2) is 30.3 Å². The summed E-state index contributed by atoms with van der Waals surface area (Å²) in [4.78, 5) is 30.6. The molecule has 1 aliphatic heterocycles. The summed E-state index contributed by atoms with van der Waals surface area (Å²) >= 11 is 0. The van der Waals surface area contributed by atoms with Crippen LogP contribution in [0.3, 0.4) is 0 Å². The zero-order valence-electron chi connectivity index (χ0n) is 16.5. The maximum Gasteiger partial charge on any atom is 0.270 e. The molecule has 2 amide bonds. The smallest absolute Gasteiger partial charge is 0.270 e. The van der Waals surface area contributed by atoms with Crippen molar-refractivity contribution < 1.29 is 14.7 Å². The summed E-state index contributed by atoms with van der Waals surface area (Å²) in [6.07, 6.45) is 5.54. The third kappa shape index (κ3) is 2.58. The zero-order chi connectivity index (χ0) is 19.8. The van der Waals surface area contributed by atoms with E-state index >= 15 is 0 Å². The maximum atomic E-state index is 12.8. The van der Waals surface area contributed by atoms with Gasteiger partial charge < -0.3 is 20.3 Å². The average molecular weight is 393 g/mol. The molecule has 4 aliphatic rings. The molecule has 6 heteroatoms. The van der Waals surface area contributed by atoms with Crippen LogP contribution in [0, 0.1) is 16.7 Å². The van der Waals surface area contributed by atoms with E-state index in [0.717, 1.165) is 62.5 Å². The fourth-order valence-corrected chi connectivity index (χ4v) is 6.25. The molecule has 6 nitrogen and oxygen atoms in total. The molecule has 2 aromatic rings. The van der Waals surface area contributed by atoms with Gasteiger partial charge in [0.05, 0.1) is 6.10 Å². The third-order valence-corrected chi connectivity index (χ3v) is 8.11. The van der Waals surface area contributed by atoms with E-state index in [4.69, 9.17) is 0 Å². The van der Waals surface area contributed by atoms with E-state index in [9.17, 15) is 14.7 Å². The minimum atomic E-state index is -0.148. The summed E-state index contributed by atoms with van der Waals surface area (Å²) in [6.45, 7) is 1.46. The van der Waals surface area contributed by atoms with Crippen molar-refractivity contribution in [3.63, 3.8) is 0 Å². The second kappa shape index (κ2) is 5.85. The monoisotopic (exact) mass is 393 g/mol. The lowest BCUT2D eigenvalue weighted by Crippen LogP contribution is -2.72. The molecule has 29 heavy (non-hydrogen) atoms. The minimum Gasteiger partial charge on any atom is -0.393 e. The van der Waals surface area contributed by atoms with Crippen molar-refractivity contribution in [1.82, 2.24) is 15.2 Å². The number of aromatic amines is 1. The van der Waals surface area contributed by atoms with E-state index in [1.807, 2.05) is 35.2 Å². The number of rotatable bonds is 3. The summed E-state index contributed by atoms with van der Waals surface area (Å²) in [7, 11) is 0. The van der Waals surface area contributed by atoms with Gasteiger partial charge in [0.1, 0.15) is 5.69 Å². The summed E-state index contributed by atoms with van der Waals surface area (Å²) < 4.78 is 0. The van der Waals surface area contributed by atoms with Crippen molar-refractivity contribution in [2.75, 3.05) is 13.1 Å². The summed E-state index contributed by atoms with van der Waals surface area (Å²) in [5.74, 6) is 0.346. The average Bonchev–Trinajstić information content (AvgIpc) is 3.03. The van der Waals surface area contributed by atoms with Gasteiger partial charge in [0.15, 0.2) is 0 Å². The van der Waals surface area contributed by atoms with E-state index < -0.39 is 0 Å². The minimum absolute atomic E-state index is 0.0493. The Labute approximate surface area is 169 Å². The standard InChI is InChI=1S/C23H27N3O3/c27-16-10-22(11-16)8-15(9-22)20(28)25-19-5-6-23(19)12-26(13-23)21(29)18-7-14-3-1-2-4-17(14)24-18/h1-4,7,15-16,19,24,27H,5-6,8-13H2,(H,25,28). The lowest BCUT2D eigenvalue weighted by molar-refractivity contribution is -0.153. The number of para-hydroxylation sites is 1. The van der Waals surface area contributed by atoms with Crippen LogP contribution >= 0.6 is 0 Å². The lowest BCUT2D eigenvalue weighted by atomic mass is 9.50. The van der Waals surface area contributed by atoms with Gasteiger partial charge in [0, 0.05) is 41.4 Å². The predicted molar refractivity (Wildman–Crippen MR) is 108 cm³/mol. The Morgan fingerprint density at radius 1 is 1.14 bits per heavy atom. The molecule has 1 atom stereocenters. The molecule has 152 valence electrons. The Kier molecular flexibility index (Phi) is 3.53. The van der Waals surface area contributed by atoms with Crippen LogP contribution in [0.1, 0.15) is 49.0 Å². The van der Waals surface area contributed by atoms with Crippen molar-refractivity contribution in [2.45, 2.75) is 50.7 Å². The van der Waals surface area contributed by atoms with Crippen LogP contribution in [0.2, 0.25) is 0 Å². The number of nitrogens with one attached hydrogen (secondary N) is 2. The molecule has 1 unspecified atom stereocenters. The van der Waals surface area contributed by atoms with Gasteiger partial charge in [0.25, 0.3) is 5.91 Å². The topological polar surface area (TPSA) is 85.4 Å².